The Morgan fingerprint density at radius 3 is 1.95 bits per heavy atom. The number of hydrogen-bond acceptors (Lipinski definition) is 4. The summed E-state index contributed by atoms with van der Waals surface area (Å²) in [5.41, 5.74) is 10.7. The molecule has 0 aliphatic carbocycles. The quantitative estimate of drug-likeness (QED) is 0.173. The van der Waals surface area contributed by atoms with Crippen LogP contribution in [0.3, 0.4) is 0 Å². The van der Waals surface area contributed by atoms with Crippen LogP contribution < -0.4 is 0 Å². The normalized spacial score (nSPS) is 15.7. The number of hydrogen-bond donors (Lipinski definition) is 0. The number of furan rings is 2. The van der Waals surface area contributed by atoms with Crippen LogP contribution >= 0.6 is 0 Å². The predicted octanol–water partition coefficient (Wildman–Crippen LogP) is 16.1. The first-order valence-corrected chi connectivity index (χ1v) is 22.5. The minimum atomic E-state index is -0.198. The highest BCUT2D eigenvalue weighted by molar-refractivity contribution is 6.26. The Balaban J connectivity index is 1.04. The zero-order chi connectivity index (χ0) is 42.8. The van der Waals surface area contributed by atoms with Crippen LogP contribution in [0.25, 0.3) is 104 Å². The van der Waals surface area contributed by atoms with E-state index >= 15 is 0 Å². The van der Waals surface area contributed by atoms with Gasteiger partial charge in [0.15, 0.2) is 5.84 Å². The molecular weight excluding hydrogens is 795 g/mol. The Morgan fingerprint density at radius 2 is 1.14 bits per heavy atom. The fraction of sp³-hybridized carbons (Fsp3) is 0.0667. The van der Waals surface area contributed by atoms with Gasteiger partial charge >= 0.3 is 0 Å². The minimum absolute atomic E-state index is 0.0388. The SMILES string of the molecule is CCC1C(c2ccc(-n3c4cc5ccccc5cc4c4c5ccccc5ccc43)c3c2oc2ccccc23)=NC(c2ccc3c(c2)oc2ccccc23)=NC1c1ccc2ccccc2c1. The van der Waals surface area contributed by atoms with Gasteiger partial charge in [0, 0.05) is 44.0 Å². The largest absolute Gasteiger partial charge is 0.456 e. The van der Waals surface area contributed by atoms with E-state index in [1.165, 1.54) is 43.1 Å². The van der Waals surface area contributed by atoms with Gasteiger partial charge in [0.2, 0.25) is 0 Å². The van der Waals surface area contributed by atoms with E-state index in [0.29, 0.717) is 5.84 Å². The molecule has 0 N–H and O–H groups in total. The smallest absolute Gasteiger partial charge is 0.155 e. The Morgan fingerprint density at radius 1 is 0.477 bits per heavy atom. The molecule has 0 fully saturated rings. The number of fused-ring (bicyclic) bond motifs is 13. The summed E-state index contributed by atoms with van der Waals surface area (Å²) in [6.45, 7) is 2.26. The maximum atomic E-state index is 7.11. The molecule has 10 aromatic carbocycles. The highest BCUT2D eigenvalue weighted by Crippen LogP contribution is 2.45. The van der Waals surface area contributed by atoms with E-state index in [0.717, 1.165) is 89.4 Å². The van der Waals surface area contributed by atoms with Crippen molar-refractivity contribution in [1.82, 2.24) is 4.57 Å². The summed E-state index contributed by atoms with van der Waals surface area (Å²) in [7, 11) is 0. The Hall–Kier alpha value is -8.28. The van der Waals surface area contributed by atoms with Crippen molar-refractivity contribution in [2.24, 2.45) is 15.9 Å². The van der Waals surface area contributed by atoms with Gasteiger partial charge in [-0.1, -0.05) is 140 Å². The number of para-hydroxylation sites is 2. The van der Waals surface area contributed by atoms with E-state index in [4.69, 9.17) is 18.8 Å². The average molecular weight is 834 g/mol. The van der Waals surface area contributed by atoms with Gasteiger partial charge in [0.1, 0.15) is 22.3 Å². The summed E-state index contributed by atoms with van der Waals surface area (Å²) in [5.74, 6) is 0.641. The monoisotopic (exact) mass is 833 g/mol. The Bertz CT molecular complexity index is 4200. The fourth-order valence-corrected chi connectivity index (χ4v) is 10.9. The molecule has 14 rings (SSSR count). The van der Waals surface area contributed by atoms with Gasteiger partial charge in [-0.3, -0.25) is 4.99 Å². The summed E-state index contributed by atoms with van der Waals surface area (Å²) in [4.78, 5) is 11.2. The number of aliphatic imine (C=N–C) groups is 2. The van der Waals surface area contributed by atoms with Crippen LogP contribution in [-0.2, 0) is 0 Å². The second kappa shape index (κ2) is 13.9. The van der Waals surface area contributed by atoms with Gasteiger partial charge in [-0.15, -0.1) is 0 Å². The Kier molecular flexibility index (Phi) is 7.72. The molecule has 2 unspecified atom stereocenters. The molecule has 0 spiro atoms. The molecule has 0 saturated carbocycles. The molecule has 65 heavy (non-hydrogen) atoms. The lowest BCUT2D eigenvalue weighted by atomic mass is 9.82. The first-order valence-electron chi connectivity index (χ1n) is 22.5. The summed E-state index contributed by atoms with van der Waals surface area (Å²) < 4.78 is 16.0. The van der Waals surface area contributed by atoms with Crippen LogP contribution in [0.4, 0.5) is 0 Å². The molecule has 1 aliphatic rings. The highest BCUT2D eigenvalue weighted by atomic mass is 16.3. The second-order valence-corrected chi connectivity index (χ2v) is 17.5. The summed E-state index contributed by atoms with van der Waals surface area (Å²) in [6, 6.07) is 69.5. The highest BCUT2D eigenvalue weighted by Gasteiger charge is 2.34. The first kappa shape index (κ1) is 36.2. The van der Waals surface area contributed by atoms with Gasteiger partial charge in [-0.2, -0.15) is 0 Å². The van der Waals surface area contributed by atoms with Gasteiger partial charge in [0.25, 0.3) is 0 Å². The van der Waals surface area contributed by atoms with E-state index in [9.17, 15) is 0 Å². The van der Waals surface area contributed by atoms with Crippen LogP contribution in [-0.4, -0.2) is 16.1 Å². The number of nitrogens with zero attached hydrogens (tertiary/aromatic N) is 3. The van der Waals surface area contributed by atoms with E-state index < -0.39 is 0 Å². The first-order chi connectivity index (χ1) is 32.2. The summed E-state index contributed by atoms with van der Waals surface area (Å²) in [5, 5.41) is 14.1. The lowest BCUT2D eigenvalue weighted by Crippen LogP contribution is -2.28. The van der Waals surface area contributed by atoms with Crippen molar-refractivity contribution < 1.29 is 8.83 Å². The average Bonchev–Trinajstić information content (AvgIpc) is 4.04. The second-order valence-electron chi connectivity index (χ2n) is 17.5. The van der Waals surface area contributed by atoms with Crippen molar-refractivity contribution in [3.05, 3.63) is 211 Å². The third-order valence-electron chi connectivity index (χ3n) is 14.0. The lowest BCUT2D eigenvalue weighted by Gasteiger charge is -2.30. The van der Waals surface area contributed by atoms with Gasteiger partial charge in [-0.05, 0) is 105 Å². The summed E-state index contributed by atoms with van der Waals surface area (Å²) >= 11 is 0. The molecule has 13 aromatic rings. The van der Waals surface area contributed by atoms with Crippen LogP contribution in [0.1, 0.15) is 36.1 Å². The maximum absolute atomic E-state index is 7.11. The van der Waals surface area contributed by atoms with E-state index in [1.54, 1.807) is 0 Å². The molecule has 0 saturated heterocycles. The van der Waals surface area contributed by atoms with E-state index in [-0.39, 0.29) is 12.0 Å². The minimum Gasteiger partial charge on any atom is -0.456 e. The van der Waals surface area contributed by atoms with Crippen molar-refractivity contribution >= 4 is 110 Å². The molecule has 0 bridgehead atoms. The zero-order valence-corrected chi connectivity index (χ0v) is 35.5. The van der Waals surface area contributed by atoms with Crippen LogP contribution in [0.5, 0.6) is 0 Å². The molecule has 1 aliphatic heterocycles. The molecule has 5 nitrogen and oxygen atoms in total. The van der Waals surface area contributed by atoms with Gasteiger partial charge < -0.3 is 13.4 Å². The van der Waals surface area contributed by atoms with Crippen molar-refractivity contribution in [2.45, 2.75) is 19.4 Å². The third kappa shape index (κ3) is 5.39. The standard InChI is InChI=1S/C60H39N3O2/c1-2-42-57(40-24-23-35-13-3-4-15-37(35)31-40)61-60(41-25-27-45-44-19-9-11-21-52(44)64-54(45)34-41)62-58(42)47-28-30-50(56-46-20-10-12-22-53(46)65-59(47)56)63-49-29-26-36-14-7-8-18-43(36)55(49)48-32-38-16-5-6-17-39(38)33-51(48)63/h3-34,42,57H,2H2,1H3. The van der Waals surface area contributed by atoms with E-state index in [2.05, 4.69) is 193 Å². The molecule has 3 aromatic heterocycles. The Labute approximate surface area is 373 Å². The molecular formula is C60H39N3O2. The molecule has 5 heteroatoms. The zero-order valence-electron chi connectivity index (χ0n) is 35.5. The number of aromatic nitrogens is 1. The molecule has 4 heterocycles. The van der Waals surface area contributed by atoms with Gasteiger partial charge in [-0.25, -0.2) is 4.99 Å². The van der Waals surface area contributed by atoms with Crippen molar-refractivity contribution in [2.75, 3.05) is 0 Å². The molecule has 0 radical (unpaired) electrons. The topological polar surface area (TPSA) is 55.9 Å². The van der Waals surface area contributed by atoms with Crippen molar-refractivity contribution in [1.29, 1.82) is 0 Å². The number of rotatable bonds is 5. The van der Waals surface area contributed by atoms with Gasteiger partial charge in [0.05, 0.1) is 33.9 Å². The maximum Gasteiger partial charge on any atom is 0.155 e. The van der Waals surface area contributed by atoms with Crippen LogP contribution in [0.15, 0.2) is 213 Å². The van der Waals surface area contributed by atoms with Crippen LogP contribution in [0, 0.1) is 5.92 Å². The molecule has 0 amide bonds. The van der Waals surface area contributed by atoms with Crippen LogP contribution in [0.2, 0.25) is 0 Å². The van der Waals surface area contributed by atoms with Crippen molar-refractivity contribution in [3.63, 3.8) is 0 Å². The summed E-state index contributed by atoms with van der Waals surface area (Å²) in [6.07, 6.45) is 0.826. The number of amidine groups is 1. The predicted molar refractivity (Wildman–Crippen MR) is 270 cm³/mol. The fourth-order valence-electron chi connectivity index (χ4n) is 10.9. The van der Waals surface area contributed by atoms with E-state index in [1.807, 2.05) is 12.1 Å². The van der Waals surface area contributed by atoms with Crippen molar-refractivity contribution in [3.8, 4) is 5.69 Å². The number of benzene rings is 10. The molecule has 2 atom stereocenters. The third-order valence-corrected chi connectivity index (χ3v) is 14.0. The molecule has 306 valence electrons. The lowest BCUT2D eigenvalue weighted by molar-refractivity contribution is 0.532.